The Morgan fingerprint density at radius 1 is 1.13 bits per heavy atom. The zero-order valence-corrected chi connectivity index (χ0v) is 12.1. The molecule has 2 aromatic heterocycles. The molecule has 0 bridgehead atoms. The van der Waals surface area contributed by atoms with Gasteiger partial charge in [-0.25, -0.2) is 16.4 Å². The number of hydrazone groups is 1. The topological polar surface area (TPSA) is 127 Å². The number of H-pyrrole nitrogens is 1. The van der Waals surface area contributed by atoms with Gasteiger partial charge in [0.25, 0.3) is 0 Å². The van der Waals surface area contributed by atoms with Crippen molar-refractivity contribution in [1.82, 2.24) is 20.7 Å². The molecular formula is C15H15N7O. The highest BCUT2D eigenvalue weighted by Gasteiger charge is 2.03. The molecule has 0 atom stereocenters. The van der Waals surface area contributed by atoms with E-state index in [2.05, 4.69) is 25.8 Å². The number of pyridine rings is 1. The van der Waals surface area contributed by atoms with Crippen LogP contribution in [0, 0.1) is 0 Å². The van der Waals surface area contributed by atoms with Crippen LogP contribution in [0.5, 0.6) is 11.6 Å². The van der Waals surface area contributed by atoms with Gasteiger partial charge in [-0.05, 0) is 36.4 Å². The Morgan fingerprint density at radius 2 is 1.96 bits per heavy atom. The molecule has 0 saturated heterocycles. The van der Waals surface area contributed by atoms with E-state index in [4.69, 9.17) is 16.3 Å². The molecule has 0 radical (unpaired) electrons. The molecule has 8 nitrogen and oxygen atoms in total. The number of aromatic amines is 1. The number of hydrazine groups is 1. The van der Waals surface area contributed by atoms with E-state index in [0.717, 1.165) is 16.8 Å². The molecule has 0 amide bonds. The maximum atomic E-state index is 5.72. The summed E-state index contributed by atoms with van der Waals surface area (Å²) in [5, 5.41) is 10.5. The maximum Gasteiger partial charge on any atom is 0.219 e. The molecule has 0 unspecified atom stereocenters. The van der Waals surface area contributed by atoms with E-state index in [1.54, 1.807) is 42.7 Å². The van der Waals surface area contributed by atoms with Gasteiger partial charge in [-0.15, -0.1) is 5.10 Å². The standard InChI is InChI=1S/C15H15N7O/c16-15(21-22-17)10-1-4-12(5-2-10)23-14-6-3-11(9-18-14)13-7-8-19-20-13/h1-9,22H,17H2,(H2,16,21)(H,19,20). The first-order valence-corrected chi connectivity index (χ1v) is 6.79. The number of ether oxygens (including phenoxy) is 1. The molecule has 6 N–H and O–H groups in total. The van der Waals surface area contributed by atoms with Crippen molar-refractivity contribution in [2.45, 2.75) is 0 Å². The van der Waals surface area contributed by atoms with Crippen LogP contribution in [-0.2, 0) is 0 Å². The molecule has 2 heterocycles. The average molecular weight is 309 g/mol. The van der Waals surface area contributed by atoms with Crippen LogP contribution >= 0.6 is 0 Å². The SMILES string of the molecule is NN/N=C(\N)c1ccc(Oc2ccc(-c3ccn[nH]3)cn2)cc1. The number of nitrogens with two attached hydrogens (primary N) is 2. The summed E-state index contributed by atoms with van der Waals surface area (Å²) < 4.78 is 5.69. The lowest BCUT2D eigenvalue weighted by Gasteiger charge is -2.06. The van der Waals surface area contributed by atoms with Gasteiger partial charge >= 0.3 is 0 Å². The molecule has 0 spiro atoms. The minimum atomic E-state index is 0.293. The lowest BCUT2D eigenvalue weighted by Crippen LogP contribution is -2.22. The lowest BCUT2D eigenvalue weighted by atomic mass is 10.2. The molecule has 0 aliphatic rings. The highest BCUT2D eigenvalue weighted by molar-refractivity contribution is 5.97. The lowest BCUT2D eigenvalue weighted by molar-refractivity contribution is 0.463. The van der Waals surface area contributed by atoms with Crippen LogP contribution in [0.15, 0.2) is 60.0 Å². The monoisotopic (exact) mass is 309 g/mol. The fourth-order valence-electron chi connectivity index (χ4n) is 1.97. The van der Waals surface area contributed by atoms with Gasteiger partial charge in [0.1, 0.15) is 5.75 Å². The Labute approximate surface area is 132 Å². The maximum absolute atomic E-state index is 5.72. The molecule has 23 heavy (non-hydrogen) atoms. The first kappa shape index (κ1) is 14.5. The number of aromatic nitrogens is 3. The second kappa shape index (κ2) is 6.58. The van der Waals surface area contributed by atoms with Crippen molar-refractivity contribution >= 4 is 5.84 Å². The van der Waals surface area contributed by atoms with Crippen LogP contribution in [0.4, 0.5) is 0 Å². The van der Waals surface area contributed by atoms with E-state index in [-0.39, 0.29) is 0 Å². The summed E-state index contributed by atoms with van der Waals surface area (Å²) in [4.78, 5) is 4.27. The van der Waals surface area contributed by atoms with Crippen molar-refractivity contribution in [1.29, 1.82) is 0 Å². The minimum absolute atomic E-state index is 0.293. The van der Waals surface area contributed by atoms with Gasteiger partial charge in [0.2, 0.25) is 5.88 Å². The first-order chi connectivity index (χ1) is 11.3. The molecule has 0 aliphatic heterocycles. The molecule has 3 rings (SSSR count). The van der Waals surface area contributed by atoms with E-state index < -0.39 is 0 Å². The number of hydrogen-bond acceptors (Lipinski definition) is 6. The molecular weight excluding hydrogens is 294 g/mol. The Kier molecular flexibility index (Phi) is 4.16. The van der Waals surface area contributed by atoms with Gasteiger partial charge < -0.3 is 10.5 Å². The molecule has 0 aliphatic carbocycles. The van der Waals surface area contributed by atoms with Gasteiger partial charge in [-0.2, -0.15) is 5.10 Å². The number of hydrogen-bond donors (Lipinski definition) is 4. The summed E-state index contributed by atoms with van der Waals surface area (Å²) >= 11 is 0. The van der Waals surface area contributed by atoms with Crippen LogP contribution in [0.2, 0.25) is 0 Å². The van der Waals surface area contributed by atoms with Crippen molar-refractivity contribution in [3.05, 3.63) is 60.4 Å². The Balaban J connectivity index is 1.71. The third-order valence-electron chi connectivity index (χ3n) is 3.11. The summed E-state index contributed by atoms with van der Waals surface area (Å²) in [5.41, 5.74) is 10.4. The fourth-order valence-corrected chi connectivity index (χ4v) is 1.97. The van der Waals surface area contributed by atoms with Crippen molar-refractivity contribution in [2.75, 3.05) is 0 Å². The highest BCUT2D eigenvalue weighted by atomic mass is 16.5. The van der Waals surface area contributed by atoms with Crippen LogP contribution in [0.25, 0.3) is 11.3 Å². The second-order valence-electron chi connectivity index (χ2n) is 4.61. The van der Waals surface area contributed by atoms with E-state index in [9.17, 15) is 0 Å². The quantitative estimate of drug-likeness (QED) is 0.244. The van der Waals surface area contributed by atoms with Crippen molar-refractivity contribution < 1.29 is 4.74 Å². The second-order valence-corrected chi connectivity index (χ2v) is 4.61. The minimum Gasteiger partial charge on any atom is -0.439 e. The van der Waals surface area contributed by atoms with E-state index >= 15 is 0 Å². The van der Waals surface area contributed by atoms with E-state index in [0.29, 0.717) is 17.5 Å². The average Bonchev–Trinajstić information content (AvgIpc) is 3.11. The summed E-state index contributed by atoms with van der Waals surface area (Å²) in [6, 6.07) is 12.7. The van der Waals surface area contributed by atoms with Crippen LogP contribution in [0.3, 0.4) is 0 Å². The van der Waals surface area contributed by atoms with Crippen molar-refractivity contribution in [3.63, 3.8) is 0 Å². The van der Waals surface area contributed by atoms with Crippen molar-refractivity contribution in [3.8, 4) is 22.9 Å². The van der Waals surface area contributed by atoms with Gasteiger partial charge in [-0.1, -0.05) is 0 Å². The normalized spacial score (nSPS) is 11.3. The zero-order chi connectivity index (χ0) is 16.1. The van der Waals surface area contributed by atoms with E-state index in [1.807, 2.05) is 12.1 Å². The molecule has 1 aromatic carbocycles. The Bertz CT molecular complexity index is 780. The van der Waals surface area contributed by atoms with Gasteiger partial charge in [0.15, 0.2) is 5.84 Å². The number of amidine groups is 1. The van der Waals surface area contributed by atoms with Gasteiger partial charge in [-0.3, -0.25) is 5.10 Å². The fraction of sp³-hybridized carbons (Fsp3) is 0. The number of benzene rings is 1. The molecule has 0 saturated carbocycles. The highest BCUT2D eigenvalue weighted by Crippen LogP contribution is 2.22. The predicted octanol–water partition coefficient (Wildman–Crippen LogP) is 1.35. The van der Waals surface area contributed by atoms with Crippen LogP contribution < -0.4 is 21.8 Å². The third-order valence-corrected chi connectivity index (χ3v) is 3.11. The van der Waals surface area contributed by atoms with E-state index in [1.165, 1.54) is 0 Å². The summed E-state index contributed by atoms with van der Waals surface area (Å²) in [6.45, 7) is 0. The third kappa shape index (κ3) is 3.44. The summed E-state index contributed by atoms with van der Waals surface area (Å²) in [5.74, 6) is 6.52. The van der Waals surface area contributed by atoms with Gasteiger partial charge in [0, 0.05) is 29.6 Å². The smallest absolute Gasteiger partial charge is 0.219 e. The largest absolute Gasteiger partial charge is 0.439 e. The van der Waals surface area contributed by atoms with Crippen molar-refractivity contribution in [2.24, 2.45) is 16.7 Å². The zero-order valence-electron chi connectivity index (χ0n) is 12.1. The van der Waals surface area contributed by atoms with Crippen LogP contribution in [-0.4, -0.2) is 21.0 Å². The predicted molar refractivity (Wildman–Crippen MR) is 86.4 cm³/mol. The first-order valence-electron chi connectivity index (χ1n) is 6.79. The number of nitrogens with one attached hydrogen (secondary N) is 2. The number of rotatable bonds is 5. The molecule has 0 fully saturated rings. The number of nitrogens with zero attached hydrogens (tertiary/aromatic N) is 3. The van der Waals surface area contributed by atoms with Crippen LogP contribution in [0.1, 0.15) is 5.56 Å². The molecule has 8 heteroatoms. The summed E-state index contributed by atoms with van der Waals surface area (Å²) in [6.07, 6.45) is 3.41. The molecule has 3 aromatic rings. The molecule has 116 valence electrons. The van der Waals surface area contributed by atoms with Gasteiger partial charge in [0.05, 0.1) is 5.69 Å². The Morgan fingerprint density at radius 3 is 2.57 bits per heavy atom. The Hall–Kier alpha value is -3.39. The summed E-state index contributed by atoms with van der Waals surface area (Å²) in [7, 11) is 0.